The van der Waals surface area contributed by atoms with Crippen LogP contribution in [-0.2, 0) is 0 Å². The summed E-state index contributed by atoms with van der Waals surface area (Å²) in [6.45, 7) is 6.74. The fourth-order valence-electron chi connectivity index (χ4n) is 3.73. The second-order valence-corrected chi connectivity index (χ2v) is 6.75. The zero-order chi connectivity index (χ0) is 14.9. The van der Waals surface area contributed by atoms with Crippen LogP contribution in [-0.4, -0.2) is 36.1 Å². The molecule has 2 saturated heterocycles. The van der Waals surface area contributed by atoms with Crippen molar-refractivity contribution in [2.75, 3.05) is 36.0 Å². The van der Waals surface area contributed by atoms with E-state index in [-0.39, 0.29) is 0 Å². The lowest BCUT2D eigenvalue weighted by Crippen LogP contribution is -2.35. The minimum Gasteiger partial charge on any atom is -0.356 e. The molecule has 0 amide bonds. The number of nitrogens with zero attached hydrogens (tertiary/aromatic N) is 4. The van der Waals surface area contributed by atoms with Crippen LogP contribution in [0, 0.1) is 5.92 Å². The van der Waals surface area contributed by atoms with E-state index in [2.05, 4.69) is 41.0 Å². The monoisotopic (exact) mass is 296 g/mol. The molecular formula is C18H24N4. The maximum Gasteiger partial charge on any atom is 0.227 e. The van der Waals surface area contributed by atoms with Crippen LogP contribution in [0.2, 0.25) is 0 Å². The SMILES string of the molecule is CC1CCCN(c2nc(N3CCCC3)c3ccccc3n2)C1. The van der Waals surface area contributed by atoms with Crippen molar-refractivity contribution in [3.63, 3.8) is 0 Å². The van der Waals surface area contributed by atoms with Gasteiger partial charge >= 0.3 is 0 Å². The molecule has 0 radical (unpaired) electrons. The molecule has 0 aliphatic carbocycles. The predicted molar refractivity (Wildman–Crippen MR) is 91.6 cm³/mol. The van der Waals surface area contributed by atoms with Crippen LogP contribution in [0.25, 0.3) is 10.9 Å². The summed E-state index contributed by atoms with van der Waals surface area (Å²) in [5.41, 5.74) is 1.08. The van der Waals surface area contributed by atoms with Gasteiger partial charge in [-0.2, -0.15) is 4.98 Å². The van der Waals surface area contributed by atoms with E-state index in [9.17, 15) is 0 Å². The average molecular weight is 296 g/mol. The normalized spacial score (nSPS) is 22.5. The molecular weight excluding hydrogens is 272 g/mol. The first-order valence-electron chi connectivity index (χ1n) is 8.58. The van der Waals surface area contributed by atoms with Gasteiger partial charge in [-0.3, -0.25) is 0 Å². The molecule has 4 rings (SSSR count). The molecule has 1 aromatic heterocycles. The number of benzene rings is 1. The van der Waals surface area contributed by atoms with Crippen LogP contribution in [0.3, 0.4) is 0 Å². The number of hydrogen-bond donors (Lipinski definition) is 0. The van der Waals surface area contributed by atoms with Crippen molar-refractivity contribution in [2.45, 2.75) is 32.6 Å². The van der Waals surface area contributed by atoms with E-state index in [1.54, 1.807) is 0 Å². The Morgan fingerprint density at radius 2 is 1.73 bits per heavy atom. The van der Waals surface area contributed by atoms with Gasteiger partial charge in [-0.1, -0.05) is 19.1 Å². The van der Waals surface area contributed by atoms with Gasteiger partial charge in [0.05, 0.1) is 5.52 Å². The van der Waals surface area contributed by atoms with Gasteiger partial charge in [0.25, 0.3) is 0 Å². The summed E-state index contributed by atoms with van der Waals surface area (Å²) < 4.78 is 0. The molecule has 4 nitrogen and oxygen atoms in total. The summed E-state index contributed by atoms with van der Waals surface area (Å²) in [5, 5.41) is 1.19. The molecule has 0 spiro atoms. The fourth-order valence-corrected chi connectivity index (χ4v) is 3.73. The summed E-state index contributed by atoms with van der Waals surface area (Å²) >= 11 is 0. The lowest BCUT2D eigenvalue weighted by molar-refractivity contribution is 0.442. The van der Waals surface area contributed by atoms with E-state index in [0.29, 0.717) is 0 Å². The van der Waals surface area contributed by atoms with Gasteiger partial charge in [0, 0.05) is 31.6 Å². The lowest BCUT2D eigenvalue weighted by atomic mass is 10.0. The first kappa shape index (κ1) is 13.8. The third-order valence-corrected chi connectivity index (χ3v) is 4.92. The number of piperidine rings is 1. The fraction of sp³-hybridized carbons (Fsp3) is 0.556. The van der Waals surface area contributed by atoms with E-state index in [0.717, 1.165) is 49.4 Å². The molecule has 1 unspecified atom stereocenters. The molecule has 2 aliphatic rings. The predicted octanol–water partition coefficient (Wildman–Crippen LogP) is 3.47. The van der Waals surface area contributed by atoms with Crippen molar-refractivity contribution >= 4 is 22.7 Å². The van der Waals surface area contributed by atoms with E-state index in [4.69, 9.17) is 9.97 Å². The van der Waals surface area contributed by atoms with Crippen LogP contribution < -0.4 is 9.80 Å². The number of para-hydroxylation sites is 1. The third kappa shape index (κ3) is 2.51. The van der Waals surface area contributed by atoms with Crippen molar-refractivity contribution in [3.8, 4) is 0 Å². The molecule has 2 fully saturated rings. The molecule has 3 heterocycles. The van der Waals surface area contributed by atoms with Crippen molar-refractivity contribution in [3.05, 3.63) is 24.3 Å². The van der Waals surface area contributed by atoms with Crippen molar-refractivity contribution in [2.24, 2.45) is 5.92 Å². The molecule has 0 N–H and O–H groups in total. The molecule has 0 bridgehead atoms. The summed E-state index contributed by atoms with van der Waals surface area (Å²) in [5.74, 6) is 2.79. The number of hydrogen-bond acceptors (Lipinski definition) is 4. The topological polar surface area (TPSA) is 32.3 Å². The third-order valence-electron chi connectivity index (χ3n) is 4.92. The van der Waals surface area contributed by atoms with Crippen LogP contribution in [0.15, 0.2) is 24.3 Å². The maximum atomic E-state index is 4.98. The Balaban J connectivity index is 1.78. The van der Waals surface area contributed by atoms with Gasteiger partial charge in [0.15, 0.2) is 0 Å². The van der Waals surface area contributed by atoms with Crippen molar-refractivity contribution < 1.29 is 0 Å². The van der Waals surface area contributed by atoms with Crippen LogP contribution in [0.1, 0.15) is 32.6 Å². The number of anilines is 2. The zero-order valence-electron chi connectivity index (χ0n) is 13.3. The highest BCUT2D eigenvalue weighted by Gasteiger charge is 2.22. The summed E-state index contributed by atoms with van der Waals surface area (Å²) in [6, 6.07) is 8.44. The minimum absolute atomic E-state index is 0.735. The first-order chi connectivity index (χ1) is 10.8. The standard InChI is InChI=1S/C18H24N4/c1-14-7-6-12-22(13-14)18-19-16-9-3-2-8-15(16)17(20-18)21-10-4-5-11-21/h2-3,8-9,14H,4-7,10-13H2,1H3. The Bertz CT molecular complexity index is 663. The smallest absolute Gasteiger partial charge is 0.227 e. The lowest BCUT2D eigenvalue weighted by Gasteiger charge is -2.32. The second kappa shape index (κ2) is 5.75. The summed E-state index contributed by atoms with van der Waals surface area (Å²) in [7, 11) is 0. The Morgan fingerprint density at radius 3 is 2.55 bits per heavy atom. The molecule has 4 heteroatoms. The second-order valence-electron chi connectivity index (χ2n) is 6.75. The van der Waals surface area contributed by atoms with E-state index < -0.39 is 0 Å². The number of aromatic nitrogens is 2. The van der Waals surface area contributed by atoms with Gasteiger partial charge in [0.1, 0.15) is 5.82 Å². The quantitative estimate of drug-likeness (QED) is 0.849. The molecule has 116 valence electrons. The van der Waals surface area contributed by atoms with Gasteiger partial charge in [0.2, 0.25) is 5.95 Å². The molecule has 2 aliphatic heterocycles. The summed E-state index contributed by atoms with van der Waals surface area (Å²) in [4.78, 5) is 14.6. The van der Waals surface area contributed by atoms with Gasteiger partial charge in [-0.15, -0.1) is 0 Å². The average Bonchev–Trinajstić information content (AvgIpc) is 3.08. The molecule has 1 aromatic carbocycles. The van der Waals surface area contributed by atoms with Crippen LogP contribution in [0.4, 0.5) is 11.8 Å². The summed E-state index contributed by atoms with van der Waals surface area (Å²) in [6.07, 6.45) is 5.11. The molecule has 0 saturated carbocycles. The van der Waals surface area contributed by atoms with E-state index >= 15 is 0 Å². The molecule has 2 aromatic rings. The van der Waals surface area contributed by atoms with Crippen molar-refractivity contribution in [1.29, 1.82) is 0 Å². The van der Waals surface area contributed by atoms with E-state index in [1.807, 2.05) is 0 Å². The van der Waals surface area contributed by atoms with Crippen molar-refractivity contribution in [1.82, 2.24) is 9.97 Å². The zero-order valence-corrected chi connectivity index (χ0v) is 13.3. The van der Waals surface area contributed by atoms with Crippen LogP contribution >= 0.6 is 0 Å². The highest BCUT2D eigenvalue weighted by Crippen LogP contribution is 2.30. The Labute approximate surface area is 132 Å². The highest BCUT2D eigenvalue weighted by molar-refractivity contribution is 5.90. The Morgan fingerprint density at radius 1 is 0.955 bits per heavy atom. The van der Waals surface area contributed by atoms with E-state index in [1.165, 1.54) is 31.1 Å². The Kier molecular flexibility index (Phi) is 3.60. The van der Waals surface area contributed by atoms with Crippen LogP contribution in [0.5, 0.6) is 0 Å². The maximum absolute atomic E-state index is 4.98. The first-order valence-corrected chi connectivity index (χ1v) is 8.58. The van der Waals surface area contributed by atoms with Gasteiger partial charge in [-0.25, -0.2) is 4.98 Å². The molecule has 22 heavy (non-hydrogen) atoms. The number of fused-ring (bicyclic) bond motifs is 1. The van der Waals surface area contributed by atoms with Gasteiger partial charge in [-0.05, 0) is 43.7 Å². The molecule has 1 atom stereocenters. The van der Waals surface area contributed by atoms with Gasteiger partial charge < -0.3 is 9.80 Å². The highest BCUT2D eigenvalue weighted by atomic mass is 15.3. The minimum atomic E-state index is 0.735. The number of rotatable bonds is 2. The largest absolute Gasteiger partial charge is 0.356 e. The Hall–Kier alpha value is -1.84.